The van der Waals surface area contributed by atoms with Crippen molar-refractivity contribution >= 4 is 21.6 Å². The average molecular weight is 312 g/mol. The van der Waals surface area contributed by atoms with Crippen molar-refractivity contribution in [3.05, 3.63) is 28.2 Å². The molecule has 3 nitrogen and oxygen atoms in total. The van der Waals surface area contributed by atoms with E-state index in [0.717, 1.165) is 32.6 Å². The minimum absolute atomic E-state index is 0.531. The minimum Gasteiger partial charge on any atom is -0.366 e. The fourth-order valence-corrected chi connectivity index (χ4v) is 2.92. The Hall–Kier alpha value is -0.580. The van der Waals surface area contributed by atoms with E-state index < -0.39 is 0 Å². The Labute approximate surface area is 118 Å². The lowest BCUT2D eigenvalue weighted by molar-refractivity contribution is 0.262. The molecular weight excluding hydrogens is 290 g/mol. The lowest BCUT2D eigenvalue weighted by Gasteiger charge is -2.41. The Morgan fingerprint density at radius 2 is 2.17 bits per heavy atom. The van der Waals surface area contributed by atoms with Crippen LogP contribution in [-0.2, 0) is 0 Å². The zero-order chi connectivity index (χ0) is 13.1. The summed E-state index contributed by atoms with van der Waals surface area (Å²) in [5.74, 6) is 0. The van der Waals surface area contributed by atoms with Crippen LogP contribution >= 0.6 is 15.9 Å². The number of rotatable bonds is 3. The lowest BCUT2D eigenvalue weighted by atomic mass is 10.1. The molecule has 0 spiro atoms. The van der Waals surface area contributed by atoms with E-state index >= 15 is 0 Å². The van der Waals surface area contributed by atoms with Gasteiger partial charge in [-0.25, -0.2) is 0 Å². The summed E-state index contributed by atoms with van der Waals surface area (Å²) in [4.78, 5) is 4.89. The smallest absolute Gasteiger partial charge is 0.0429 e. The van der Waals surface area contributed by atoms with Crippen LogP contribution in [-0.4, -0.2) is 44.2 Å². The number of nitrogens with zero attached hydrogens (tertiary/aromatic N) is 2. The van der Waals surface area contributed by atoms with Gasteiger partial charge in [0.25, 0.3) is 0 Å². The molecule has 2 N–H and O–H groups in total. The van der Waals surface area contributed by atoms with Gasteiger partial charge in [0, 0.05) is 35.8 Å². The van der Waals surface area contributed by atoms with E-state index in [9.17, 15) is 0 Å². The Bertz CT molecular complexity index is 408. The highest BCUT2D eigenvalue weighted by molar-refractivity contribution is 9.10. The number of benzene rings is 1. The molecular formula is C14H22BrN3. The molecule has 100 valence electrons. The molecule has 1 aliphatic heterocycles. The standard InChI is InChI=1S/C14H22BrN3/c1-11-3-4-12(9-14(11)15)18-8-7-17(2)10-13(18)5-6-16/h3-4,9,13H,5-8,10,16H2,1-2H3. The van der Waals surface area contributed by atoms with Gasteiger partial charge in [0.1, 0.15) is 0 Å². The summed E-state index contributed by atoms with van der Waals surface area (Å²) in [6.45, 7) is 6.17. The normalized spacial score (nSPS) is 21.3. The monoisotopic (exact) mass is 311 g/mol. The third kappa shape index (κ3) is 3.05. The van der Waals surface area contributed by atoms with Crippen LogP contribution in [0.1, 0.15) is 12.0 Å². The second-order valence-electron chi connectivity index (χ2n) is 5.12. The molecule has 1 atom stereocenters. The minimum atomic E-state index is 0.531. The van der Waals surface area contributed by atoms with Crippen LogP contribution in [0.3, 0.4) is 0 Å². The first kappa shape index (κ1) is 13.8. The largest absolute Gasteiger partial charge is 0.366 e. The highest BCUT2D eigenvalue weighted by atomic mass is 79.9. The maximum absolute atomic E-state index is 5.74. The summed E-state index contributed by atoms with van der Waals surface area (Å²) in [7, 11) is 2.19. The van der Waals surface area contributed by atoms with Crippen molar-refractivity contribution in [2.75, 3.05) is 38.1 Å². The number of nitrogens with two attached hydrogens (primary N) is 1. The third-order valence-electron chi connectivity index (χ3n) is 3.67. The zero-order valence-corrected chi connectivity index (χ0v) is 12.8. The first-order valence-corrected chi connectivity index (χ1v) is 7.32. The number of hydrogen-bond donors (Lipinski definition) is 1. The fraction of sp³-hybridized carbons (Fsp3) is 0.571. The van der Waals surface area contributed by atoms with E-state index in [0.29, 0.717) is 6.04 Å². The maximum atomic E-state index is 5.74. The predicted molar refractivity (Wildman–Crippen MR) is 81.2 cm³/mol. The van der Waals surface area contributed by atoms with Gasteiger partial charge in [-0.3, -0.25) is 0 Å². The Morgan fingerprint density at radius 1 is 1.39 bits per heavy atom. The van der Waals surface area contributed by atoms with Gasteiger partial charge in [-0.15, -0.1) is 0 Å². The maximum Gasteiger partial charge on any atom is 0.0429 e. The van der Waals surface area contributed by atoms with E-state index in [2.05, 4.69) is 57.9 Å². The van der Waals surface area contributed by atoms with Crippen molar-refractivity contribution in [2.45, 2.75) is 19.4 Å². The summed E-state index contributed by atoms with van der Waals surface area (Å²) >= 11 is 3.62. The van der Waals surface area contributed by atoms with Crippen molar-refractivity contribution in [2.24, 2.45) is 5.73 Å². The van der Waals surface area contributed by atoms with Gasteiger partial charge >= 0.3 is 0 Å². The van der Waals surface area contributed by atoms with Gasteiger partial charge in [-0.05, 0) is 44.6 Å². The Morgan fingerprint density at radius 3 is 2.83 bits per heavy atom. The molecule has 0 radical (unpaired) electrons. The van der Waals surface area contributed by atoms with Gasteiger partial charge in [0.2, 0.25) is 0 Å². The molecule has 4 heteroatoms. The molecule has 1 aromatic rings. The van der Waals surface area contributed by atoms with Crippen molar-refractivity contribution in [1.29, 1.82) is 0 Å². The van der Waals surface area contributed by atoms with Gasteiger partial charge in [0.15, 0.2) is 0 Å². The van der Waals surface area contributed by atoms with Crippen LogP contribution < -0.4 is 10.6 Å². The molecule has 1 aliphatic rings. The number of likely N-dealkylation sites (N-methyl/N-ethyl adjacent to an activating group) is 1. The number of piperazine rings is 1. The van der Waals surface area contributed by atoms with Gasteiger partial charge in [-0.1, -0.05) is 22.0 Å². The molecule has 0 saturated carbocycles. The summed E-state index contributed by atoms with van der Waals surface area (Å²) in [5, 5.41) is 0. The summed E-state index contributed by atoms with van der Waals surface area (Å²) in [6, 6.07) is 7.15. The van der Waals surface area contributed by atoms with E-state index in [1.165, 1.54) is 15.7 Å². The second kappa shape index (κ2) is 6.04. The molecule has 0 amide bonds. The van der Waals surface area contributed by atoms with Crippen LogP contribution in [0, 0.1) is 6.92 Å². The van der Waals surface area contributed by atoms with E-state index in [1.807, 2.05) is 0 Å². The number of hydrogen-bond acceptors (Lipinski definition) is 3. The summed E-state index contributed by atoms with van der Waals surface area (Å²) in [5.41, 5.74) is 8.33. The molecule has 18 heavy (non-hydrogen) atoms. The number of anilines is 1. The topological polar surface area (TPSA) is 32.5 Å². The first-order valence-electron chi connectivity index (χ1n) is 6.53. The van der Waals surface area contributed by atoms with Crippen molar-refractivity contribution in [3.63, 3.8) is 0 Å². The first-order chi connectivity index (χ1) is 8.61. The average Bonchev–Trinajstić information content (AvgIpc) is 2.34. The summed E-state index contributed by atoms with van der Waals surface area (Å²) < 4.78 is 1.19. The van der Waals surface area contributed by atoms with Crippen LogP contribution in [0.15, 0.2) is 22.7 Å². The van der Waals surface area contributed by atoms with Crippen molar-refractivity contribution in [3.8, 4) is 0 Å². The molecule has 1 saturated heterocycles. The molecule has 0 bridgehead atoms. The molecule has 1 unspecified atom stereocenters. The third-order valence-corrected chi connectivity index (χ3v) is 4.53. The van der Waals surface area contributed by atoms with Crippen LogP contribution in [0.4, 0.5) is 5.69 Å². The lowest BCUT2D eigenvalue weighted by Crippen LogP contribution is -2.52. The van der Waals surface area contributed by atoms with Crippen LogP contribution in [0.2, 0.25) is 0 Å². The molecule has 2 rings (SSSR count). The Balaban J connectivity index is 2.20. The van der Waals surface area contributed by atoms with E-state index in [-0.39, 0.29) is 0 Å². The zero-order valence-electron chi connectivity index (χ0n) is 11.2. The van der Waals surface area contributed by atoms with Gasteiger partial charge in [-0.2, -0.15) is 0 Å². The highest BCUT2D eigenvalue weighted by Crippen LogP contribution is 2.27. The molecule has 1 aromatic carbocycles. The number of aryl methyl sites for hydroxylation is 1. The van der Waals surface area contributed by atoms with E-state index in [4.69, 9.17) is 5.73 Å². The summed E-state index contributed by atoms with van der Waals surface area (Å²) in [6.07, 6.45) is 1.05. The quantitative estimate of drug-likeness (QED) is 0.929. The SMILES string of the molecule is Cc1ccc(N2CCN(C)CC2CCN)cc1Br. The van der Waals surface area contributed by atoms with Gasteiger partial charge in [0.05, 0.1) is 0 Å². The van der Waals surface area contributed by atoms with Crippen molar-refractivity contribution in [1.82, 2.24) is 4.90 Å². The number of halogens is 1. The fourth-order valence-electron chi connectivity index (χ4n) is 2.55. The molecule has 0 aromatic heterocycles. The predicted octanol–water partition coefficient (Wildman–Crippen LogP) is 2.23. The van der Waals surface area contributed by atoms with E-state index in [1.54, 1.807) is 0 Å². The van der Waals surface area contributed by atoms with Crippen LogP contribution in [0.25, 0.3) is 0 Å². The van der Waals surface area contributed by atoms with Gasteiger partial charge < -0.3 is 15.5 Å². The molecule has 1 heterocycles. The Kier molecular flexibility index (Phi) is 4.65. The molecule has 1 fully saturated rings. The van der Waals surface area contributed by atoms with Crippen molar-refractivity contribution < 1.29 is 0 Å². The van der Waals surface area contributed by atoms with Crippen LogP contribution in [0.5, 0.6) is 0 Å². The highest BCUT2D eigenvalue weighted by Gasteiger charge is 2.24. The molecule has 0 aliphatic carbocycles. The second-order valence-corrected chi connectivity index (χ2v) is 5.97.